The van der Waals surface area contributed by atoms with E-state index in [4.69, 9.17) is 0 Å². The highest BCUT2D eigenvalue weighted by molar-refractivity contribution is 5.97. The number of Topliss-reactive ketones (excluding diaryl/α,β-unsaturated/α-hetero) is 1. The minimum Gasteiger partial charge on any atom is -0.295 e. The van der Waals surface area contributed by atoms with E-state index in [-0.39, 0.29) is 0 Å². The number of allylic oxidation sites excluding steroid dienone is 4. The van der Waals surface area contributed by atoms with Crippen LogP contribution in [0.1, 0.15) is 32.1 Å². The molecule has 1 heteroatoms. The van der Waals surface area contributed by atoms with Crippen LogP contribution in [0.2, 0.25) is 0 Å². The van der Waals surface area contributed by atoms with Crippen molar-refractivity contribution in [2.24, 2.45) is 0 Å². The minimum absolute atomic E-state index is 0.399. The van der Waals surface area contributed by atoms with Crippen molar-refractivity contribution in [1.82, 2.24) is 0 Å². The number of ketones is 1. The van der Waals surface area contributed by atoms with Gasteiger partial charge in [0, 0.05) is 6.42 Å². The molecule has 0 aromatic rings. The highest BCUT2D eigenvalue weighted by Gasteiger charge is 2.19. The SMILES string of the molecule is O=C1CCCC2=C1CCC=C2. The number of hydrogen-bond acceptors (Lipinski definition) is 1. The molecule has 0 bridgehead atoms. The first kappa shape index (κ1) is 6.84. The number of carbonyl (C=O) groups is 1. The van der Waals surface area contributed by atoms with E-state index in [9.17, 15) is 4.79 Å². The summed E-state index contributed by atoms with van der Waals surface area (Å²) in [5, 5.41) is 0. The van der Waals surface area contributed by atoms with Crippen molar-refractivity contribution >= 4 is 5.78 Å². The van der Waals surface area contributed by atoms with Crippen LogP contribution in [-0.2, 0) is 4.79 Å². The Bertz CT molecular complexity index is 246. The molecule has 1 nitrogen and oxygen atoms in total. The fourth-order valence-corrected chi connectivity index (χ4v) is 1.86. The van der Waals surface area contributed by atoms with Crippen LogP contribution in [0.25, 0.3) is 0 Å². The van der Waals surface area contributed by atoms with Crippen LogP contribution in [0, 0.1) is 0 Å². The fraction of sp³-hybridized carbons (Fsp3) is 0.500. The molecule has 58 valence electrons. The molecule has 0 heterocycles. The lowest BCUT2D eigenvalue weighted by Gasteiger charge is -2.19. The molecule has 0 unspecified atom stereocenters. The minimum atomic E-state index is 0.399. The Morgan fingerprint density at radius 1 is 1.18 bits per heavy atom. The molecule has 11 heavy (non-hydrogen) atoms. The average molecular weight is 148 g/mol. The summed E-state index contributed by atoms with van der Waals surface area (Å²) in [5.41, 5.74) is 2.44. The monoisotopic (exact) mass is 148 g/mol. The average Bonchev–Trinajstić information content (AvgIpc) is 2.06. The molecule has 2 aliphatic rings. The first-order valence-corrected chi connectivity index (χ1v) is 4.30. The third-order valence-corrected chi connectivity index (χ3v) is 2.45. The van der Waals surface area contributed by atoms with Crippen LogP contribution in [0.4, 0.5) is 0 Å². The van der Waals surface area contributed by atoms with E-state index in [1.165, 1.54) is 5.57 Å². The second-order valence-corrected chi connectivity index (χ2v) is 3.22. The van der Waals surface area contributed by atoms with E-state index in [2.05, 4.69) is 12.2 Å². The molecule has 2 rings (SSSR count). The van der Waals surface area contributed by atoms with Crippen molar-refractivity contribution in [2.45, 2.75) is 32.1 Å². The topological polar surface area (TPSA) is 17.1 Å². The van der Waals surface area contributed by atoms with Gasteiger partial charge in [-0.2, -0.15) is 0 Å². The van der Waals surface area contributed by atoms with Gasteiger partial charge in [0.2, 0.25) is 0 Å². The highest BCUT2D eigenvalue weighted by Crippen LogP contribution is 2.29. The quantitative estimate of drug-likeness (QED) is 0.515. The van der Waals surface area contributed by atoms with E-state index in [1.807, 2.05) is 0 Å². The molecule has 0 atom stereocenters. The maximum atomic E-state index is 11.3. The van der Waals surface area contributed by atoms with Gasteiger partial charge in [0.05, 0.1) is 0 Å². The van der Waals surface area contributed by atoms with Gasteiger partial charge in [-0.3, -0.25) is 4.79 Å². The largest absolute Gasteiger partial charge is 0.295 e. The Balaban J connectivity index is 2.35. The predicted molar refractivity (Wildman–Crippen MR) is 44.3 cm³/mol. The Hall–Kier alpha value is -0.850. The number of hydrogen-bond donors (Lipinski definition) is 0. The fourth-order valence-electron chi connectivity index (χ4n) is 1.86. The first-order valence-electron chi connectivity index (χ1n) is 4.30. The summed E-state index contributed by atoms with van der Waals surface area (Å²) in [5.74, 6) is 0.399. The molecule has 0 aromatic heterocycles. The van der Waals surface area contributed by atoms with Gasteiger partial charge < -0.3 is 0 Å². The third kappa shape index (κ3) is 1.15. The van der Waals surface area contributed by atoms with E-state index < -0.39 is 0 Å². The molecule has 0 aromatic carbocycles. The van der Waals surface area contributed by atoms with Crippen molar-refractivity contribution < 1.29 is 4.79 Å². The molecule has 0 amide bonds. The summed E-state index contributed by atoms with van der Waals surface area (Å²) < 4.78 is 0. The molecule has 0 spiro atoms. The third-order valence-electron chi connectivity index (χ3n) is 2.45. The highest BCUT2D eigenvalue weighted by atomic mass is 16.1. The summed E-state index contributed by atoms with van der Waals surface area (Å²) in [6.45, 7) is 0. The van der Waals surface area contributed by atoms with Crippen LogP contribution in [0.5, 0.6) is 0 Å². The lowest BCUT2D eigenvalue weighted by Crippen LogP contribution is -2.12. The van der Waals surface area contributed by atoms with Gasteiger partial charge >= 0.3 is 0 Å². The zero-order valence-electron chi connectivity index (χ0n) is 6.60. The van der Waals surface area contributed by atoms with Crippen LogP contribution in [0.3, 0.4) is 0 Å². The maximum Gasteiger partial charge on any atom is 0.159 e. The van der Waals surface area contributed by atoms with Crippen LogP contribution in [-0.4, -0.2) is 5.78 Å². The van der Waals surface area contributed by atoms with E-state index >= 15 is 0 Å². The van der Waals surface area contributed by atoms with Crippen LogP contribution in [0.15, 0.2) is 23.3 Å². The van der Waals surface area contributed by atoms with Crippen molar-refractivity contribution in [3.63, 3.8) is 0 Å². The van der Waals surface area contributed by atoms with E-state index in [0.717, 1.165) is 37.7 Å². The molecular formula is C10H12O. The first-order chi connectivity index (χ1) is 5.38. The molecule has 0 radical (unpaired) electrons. The second-order valence-electron chi connectivity index (χ2n) is 3.22. The summed E-state index contributed by atoms with van der Waals surface area (Å²) in [6.07, 6.45) is 9.33. The normalized spacial score (nSPS) is 23.8. The molecule has 0 fully saturated rings. The molecule has 0 saturated heterocycles. The van der Waals surface area contributed by atoms with Gasteiger partial charge in [0.25, 0.3) is 0 Å². The van der Waals surface area contributed by atoms with Gasteiger partial charge in [-0.05, 0) is 36.8 Å². The standard InChI is InChI=1S/C10H12O/c11-10-7-3-5-8-4-1-2-6-9(8)10/h1,4H,2-3,5-7H2. The molecule has 0 N–H and O–H groups in total. The lowest BCUT2D eigenvalue weighted by atomic mass is 9.85. The van der Waals surface area contributed by atoms with Gasteiger partial charge in [0.1, 0.15) is 0 Å². The summed E-state index contributed by atoms with van der Waals surface area (Å²) in [7, 11) is 0. The lowest BCUT2D eigenvalue weighted by molar-refractivity contribution is -0.116. The van der Waals surface area contributed by atoms with Crippen molar-refractivity contribution in [3.05, 3.63) is 23.3 Å². The second kappa shape index (κ2) is 2.65. The summed E-state index contributed by atoms with van der Waals surface area (Å²) in [4.78, 5) is 11.3. The van der Waals surface area contributed by atoms with Crippen LogP contribution < -0.4 is 0 Å². The number of rotatable bonds is 0. The van der Waals surface area contributed by atoms with E-state index in [1.54, 1.807) is 0 Å². The Morgan fingerprint density at radius 2 is 2.09 bits per heavy atom. The Labute approximate surface area is 66.8 Å². The summed E-state index contributed by atoms with van der Waals surface area (Å²) in [6, 6.07) is 0. The maximum absolute atomic E-state index is 11.3. The zero-order valence-corrected chi connectivity index (χ0v) is 6.60. The number of carbonyl (C=O) groups excluding carboxylic acids is 1. The zero-order chi connectivity index (χ0) is 7.68. The van der Waals surface area contributed by atoms with E-state index in [0.29, 0.717) is 5.78 Å². The molecule has 0 aliphatic heterocycles. The smallest absolute Gasteiger partial charge is 0.159 e. The molecule has 2 aliphatic carbocycles. The van der Waals surface area contributed by atoms with Gasteiger partial charge in [-0.15, -0.1) is 0 Å². The van der Waals surface area contributed by atoms with Crippen molar-refractivity contribution in [2.75, 3.05) is 0 Å². The van der Waals surface area contributed by atoms with Gasteiger partial charge in [-0.1, -0.05) is 12.2 Å². The summed E-state index contributed by atoms with van der Waals surface area (Å²) >= 11 is 0. The molecule has 0 saturated carbocycles. The van der Waals surface area contributed by atoms with Gasteiger partial charge in [-0.25, -0.2) is 0 Å². The predicted octanol–water partition coefficient (Wildman–Crippen LogP) is 2.39. The van der Waals surface area contributed by atoms with Crippen molar-refractivity contribution in [3.8, 4) is 0 Å². The van der Waals surface area contributed by atoms with Crippen LogP contribution >= 0.6 is 0 Å². The van der Waals surface area contributed by atoms with Crippen molar-refractivity contribution in [1.29, 1.82) is 0 Å². The molecular weight excluding hydrogens is 136 g/mol. The Kier molecular flexibility index (Phi) is 1.65. The Morgan fingerprint density at radius 3 is 2.91 bits per heavy atom. The van der Waals surface area contributed by atoms with Gasteiger partial charge in [0.15, 0.2) is 5.78 Å².